The topological polar surface area (TPSA) is 21.3 Å². The summed E-state index contributed by atoms with van der Waals surface area (Å²) in [5, 5.41) is 3.38. The zero-order valence-corrected chi connectivity index (χ0v) is 11.9. The van der Waals surface area contributed by atoms with Crippen molar-refractivity contribution in [1.29, 1.82) is 0 Å². The summed E-state index contributed by atoms with van der Waals surface area (Å²) in [6, 6.07) is 3.15. The summed E-state index contributed by atoms with van der Waals surface area (Å²) >= 11 is 3.37. The summed E-state index contributed by atoms with van der Waals surface area (Å²) in [5.74, 6) is 0.524. The Balaban J connectivity index is 2.48. The average molecular weight is 302 g/mol. The molecule has 1 aromatic rings. The van der Waals surface area contributed by atoms with Gasteiger partial charge in [0.2, 0.25) is 0 Å². The predicted octanol–water partition coefficient (Wildman–Crippen LogP) is 3.80. The number of hydrogen-bond acceptors (Lipinski definition) is 2. The molecule has 1 unspecified atom stereocenters. The quantitative estimate of drug-likeness (QED) is 0.897. The van der Waals surface area contributed by atoms with E-state index in [1.165, 1.54) is 6.07 Å². The number of halogens is 2. The highest BCUT2D eigenvalue weighted by Gasteiger charge is 2.34. The van der Waals surface area contributed by atoms with Gasteiger partial charge in [0, 0.05) is 18.0 Å². The summed E-state index contributed by atoms with van der Waals surface area (Å²) in [6.45, 7) is 7.01. The van der Waals surface area contributed by atoms with Crippen LogP contribution in [0.2, 0.25) is 0 Å². The van der Waals surface area contributed by atoms with Crippen LogP contribution in [0.3, 0.4) is 0 Å². The zero-order valence-electron chi connectivity index (χ0n) is 10.3. The van der Waals surface area contributed by atoms with E-state index in [-0.39, 0.29) is 17.5 Å². The van der Waals surface area contributed by atoms with Crippen LogP contribution in [0.25, 0.3) is 0 Å². The molecule has 0 bridgehead atoms. The fraction of sp³-hybridized carbons (Fsp3) is 0.538. The van der Waals surface area contributed by atoms with Crippen molar-refractivity contribution in [3.05, 3.63) is 28.0 Å². The Kier molecular flexibility index (Phi) is 3.46. The van der Waals surface area contributed by atoms with E-state index in [2.05, 4.69) is 42.0 Å². The third-order valence-electron chi connectivity index (χ3n) is 2.94. The van der Waals surface area contributed by atoms with E-state index < -0.39 is 0 Å². The Labute approximate surface area is 110 Å². The Morgan fingerprint density at radius 3 is 2.88 bits per heavy atom. The smallest absolute Gasteiger partial charge is 0.139 e. The van der Waals surface area contributed by atoms with Gasteiger partial charge in [-0.3, -0.25) is 0 Å². The largest absolute Gasteiger partial charge is 0.486 e. The highest BCUT2D eigenvalue weighted by Crippen LogP contribution is 2.43. The molecule has 0 aliphatic carbocycles. The summed E-state index contributed by atoms with van der Waals surface area (Å²) in [7, 11) is 0. The fourth-order valence-corrected chi connectivity index (χ4v) is 2.82. The Bertz CT molecular complexity index is 434. The van der Waals surface area contributed by atoms with E-state index in [1.54, 1.807) is 6.07 Å². The maximum atomic E-state index is 13.4. The molecule has 0 radical (unpaired) electrons. The van der Waals surface area contributed by atoms with Gasteiger partial charge in [0.1, 0.15) is 17.2 Å². The number of benzene rings is 1. The Morgan fingerprint density at radius 1 is 1.53 bits per heavy atom. The van der Waals surface area contributed by atoms with Crippen molar-refractivity contribution in [1.82, 2.24) is 5.32 Å². The Hall–Kier alpha value is -0.610. The molecular formula is C13H17BrFNO. The molecule has 1 aliphatic heterocycles. The second-order valence-electron chi connectivity index (χ2n) is 4.98. The fourth-order valence-electron chi connectivity index (χ4n) is 2.29. The van der Waals surface area contributed by atoms with Crippen LogP contribution in [0.4, 0.5) is 4.39 Å². The molecule has 17 heavy (non-hydrogen) atoms. The van der Waals surface area contributed by atoms with Gasteiger partial charge >= 0.3 is 0 Å². The minimum absolute atomic E-state index is 0.144. The lowest BCUT2D eigenvalue weighted by Crippen LogP contribution is -2.39. The first-order chi connectivity index (χ1) is 7.93. The van der Waals surface area contributed by atoms with Gasteiger partial charge in [0.05, 0.1) is 4.47 Å². The van der Waals surface area contributed by atoms with Gasteiger partial charge in [-0.25, -0.2) is 4.39 Å². The van der Waals surface area contributed by atoms with E-state index in [9.17, 15) is 4.39 Å². The van der Waals surface area contributed by atoms with Crippen molar-refractivity contribution in [2.75, 3.05) is 6.54 Å². The molecule has 1 atom stereocenters. The minimum atomic E-state index is -0.236. The molecule has 1 N–H and O–H groups in total. The van der Waals surface area contributed by atoms with E-state index in [1.807, 2.05) is 0 Å². The van der Waals surface area contributed by atoms with E-state index in [0.717, 1.165) is 24.3 Å². The van der Waals surface area contributed by atoms with Crippen molar-refractivity contribution in [3.8, 4) is 5.75 Å². The second-order valence-corrected chi connectivity index (χ2v) is 5.84. The minimum Gasteiger partial charge on any atom is -0.486 e. The molecule has 0 spiro atoms. The van der Waals surface area contributed by atoms with Crippen LogP contribution >= 0.6 is 15.9 Å². The van der Waals surface area contributed by atoms with Gasteiger partial charge in [-0.05, 0) is 48.5 Å². The van der Waals surface area contributed by atoms with Gasteiger partial charge < -0.3 is 10.1 Å². The SMILES string of the molecule is CCNC1CC(C)(C)Oc2c(Br)cc(F)cc21. The Morgan fingerprint density at radius 2 is 2.24 bits per heavy atom. The molecule has 1 aromatic carbocycles. The summed E-state index contributed by atoms with van der Waals surface area (Å²) in [5.41, 5.74) is 0.665. The van der Waals surface area contributed by atoms with Crippen LogP contribution in [0.15, 0.2) is 16.6 Å². The molecule has 1 aliphatic rings. The summed E-state index contributed by atoms with van der Waals surface area (Å²) in [6.07, 6.45) is 0.837. The van der Waals surface area contributed by atoms with Crippen LogP contribution in [0.5, 0.6) is 5.75 Å². The van der Waals surface area contributed by atoms with Crippen LogP contribution in [-0.2, 0) is 0 Å². The molecular weight excluding hydrogens is 285 g/mol. The lowest BCUT2D eigenvalue weighted by molar-refractivity contribution is 0.0651. The highest BCUT2D eigenvalue weighted by atomic mass is 79.9. The maximum Gasteiger partial charge on any atom is 0.139 e. The van der Waals surface area contributed by atoms with E-state index >= 15 is 0 Å². The van der Waals surface area contributed by atoms with Crippen molar-refractivity contribution < 1.29 is 9.13 Å². The van der Waals surface area contributed by atoms with Gasteiger partial charge in [0.15, 0.2) is 0 Å². The van der Waals surface area contributed by atoms with E-state index in [0.29, 0.717) is 4.47 Å². The first-order valence-electron chi connectivity index (χ1n) is 5.84. The van der Waals surface area contributed by atoms with Gasteiger partial charge in [0.25, 0.3) is 0 Å². The first kappa shape index (κ1) is 12.8. The monoisotopic (exact) mass is 301 g/mol. The number of fused-ring (bicyclic) bond motifs is 1. The molecule has 2 rings (SSSR count). The molecule has 0 amide bonds. The van der Waals surface area contributed by atoms with Crippen LogP contribution in [0.1, 0.15) is 38.8 Å². The molecule has 0 fully saturated rings. The first-order valence-corrected chi connectivity index (χ1v) is 6.63. The lowest BCUT2D eigenvalue weighted by Gasteiger charge is -2.38. The normalized spacial score (nSPS) is 21.8. The summed E-state index contributed by atoms with van der Waals surface area (Å²) < 4.78 is 20.1. The number of nitrogens with one attached hydrogen (secondary N) is 1. The molecule has 94 valence electrons. The standard InChI is InChI=1S/C13H17BrFNO/c1-4-16-11-7-13(2,3)17-12-9(11)5-8(15)6-10(12)14/h5-6,11,16H,4,7H2,1-3H3. The molecule has 1 heterocycles. The van der Waals surface area contributed by atoms with Gasteiger partial charge in [-0.15, -0.1) is 0 Å². The average Bonchev–Trinajstić information content (AvgIpc) is 2.19. The molecule has 0 saturated heterocycles. The highest BCUT2D eigenvalue weighted by molar-refractivity contribution is 9.10. The van der Waals surface area contributed by atoms with Crippen LogP contribution < -0.4 is 10.1 Å². The van der Waals surface area contributed by atoms with E-state index in [4.69, 9.17) is 4.74 Å². The molecule has 4 heteroatoms. The van der Waals surface area contributed by atoms with Crippen molar-refractivity contribution >= 4 is 15.9 Å². The third kappa shape index (κ3) is 2.63. The molecule has 0 saturated carbocycles. The number of hydrogen-bond donors (Lipinski definition) is 1. The van der Waals surface area contributed by atoms with Crippen LogP contribution in [0, 0.1) is 5.82 Å². The predicted molar refractivity (Wildman–Crippen MR) is 69.8 cm³/mol. The van der Waals surface area contributed by atoms with Crippen molar-refractivity contribution in [2.45, 2.75) is 38.8 Å². The zero-order chi connectivity index (χ0) is 12.6. The number of ether oxygens (including phenoxy) is 1. The van der Waals surface area contributed by atoms with Gasteiger partial charge in [-0.1, -0.05) is 6.92 Å². The lowest BCUT2D eigenvalue weighted by atomic mass is 9.89. The van der Waals surface area contributed by atoms with Gasteiger partial charge in [-0.2, -0.15) is 0 Å². The second kappa shape index (κ2) is 4.58. The van der Waals surface area contributed by atoms with Crippen molar-refractivity contribution in [2.24, 2.45) is 0 Å². The summed E-state index contributed by atoms with van der Waals surface area (Å²) in [4.78, 5) is 0. The molecule has 2 nitrogen and oxygen atoms in total. The maximum absolute atomic E-state index is 13.4. The third-order valence-corrected chi connectivity index (χ3v) is 3.53. The number of rotatable bonds is 2. The van der Waals surface area contributed by atoms with Crippen molar-refractivity contribution in [3.63, 3.8) is 0 Å². The molecule has 0 aromatic heterocycles. The van der Waals surface area contributed by atoms with Crippen LogP contribution in [-0.4, -0.2) is 12.1 Å².